The molecular weight excluding hydrogens is 186 g/mol. The van der Waals surface area contributed by atoms with Crippen LogP contribution in [0.2, 0.25) is 0 Å². The smallest absolute Gasteiger partial charge is 0.122 e. The molecule has 0 amide bonds. The molecule has 0 spiro atoms. The van der Waals surface area contributed by atoms with Crippen molar-refractivity contribution in [1.29, 1.82) is 5.26 Å². The van der Waals surface area contributed by atoms with Crippen molar-refractivity contribution in [2.75, 3.05) is 7.11 Å². The Morgan fingerprint density at radius 2 is 1.80 bits per heavy atom. The van der Waals surface area contributed by atoms with Gasteiger partial charge in [-0.3, -0.25) is 0 Å². The highest BCUT2D eigenvalue weighted by atomic mass is 16.5. The van der Waals surface area contributed by atoms with Gasteiger partial charge in [-0.25, -0.2) is 0 Å². The van der Waals surface area contributed by atoms with Gasteiger partial charge in [-0.2, -0.15) is 5.26 Å². The Bertz CT molecular complexity index is 413. The SMILES string of the molecule is COc1cc(C)c(C(C)(C)C#N)cc1C. The number of benzene rings is 1. The summed E-state index contributed by atoms with van der Waals surface area (Å²) >= 11 is 0. The average Bonchev–Trinajstić information content (AvgIpc) is 2.20. The molecule has 0 atom stereocenters. The van der Waals surface area contributed by atoms with Crippen LogP contribution in [0.1, 0.15) is 30.5 Å². The molecule has 2 nitrogen and oxygen atoms in total. The minimum Gasteiger partial charge on any atom is -0.496 e. The third kappa shape index (κ3) is 2.12. The Morgan fingerprint density at radius 3 is 2.27 bits per heavy atom. The molecule has 0 unspecified atom stereocenters. The van der Waals surface area contributed by atoms with E-state index in [-0.39, 0.29) is 0 Å². The number of hydrogen-bond donors (Lipinski definition) is 0. The summed E-state index contributed by atoms with van der Waals surface area (Å²) in [5.41, 5.74) is 2.80. The summed E-state index contributed by atoms with van der Waals surface area (Å²) in [6.45, 7) is 7.87. The Kier molecular flexibility index (Phi) is 3.04. The third-order valence-corrected chi connectivity index (χ3v) is 2.69. The standard InChI is InChI=1S/C13H17NO/c1-9-7-12(15-5)10(2)6-11(9)13(3,4)8-14/h6-7H,1-5H3. The summed E-state index contributed by atoms with van der Waals surface area (Å²) in [5.74, 6) is 0.880. The second-order valence-corrected chi connectivity index (χ2v) is 4.37. The lowest BCUT2D eigenvalue weighted by atomic mass is 9.82. The van der Waals surface area contributed by atoms with E-state index < -0.39 is 5.41 Å². The van der Waals surface area contributed by atoms with Gasteiger partial charge in [-0.1, -0.05) is 6.07 Å². The summed E-state index contributed by atoms with van der Waals surface area (Å²) in [6, 6.07) is 6.35. The van der Waals surface area contributed by atoms with Crippen molar-refractivity contribution >= 4 is 0 Å². The first-order chi connectivity index (χ1) is 6.92. The molecule has 0 bridgehead atoms. The van der Waals surface area contributed by atoms with Gasteiger partial charge in [0.1, 0.15) is 5.75 Å². The van der Waals surface area contributed by atoms with E-state index in [0.29, 0.717) is 0 Å². The fraction of sp³-hybridized carbons (Fsp3) is 0.462. The zero-order valence-corrected chi connectivity index (χ0v) is 10.0. The molecule has 1 rings (SSSR count). The van der Waals surface area contributed by atoms with Crippen molar-refractivity contribution in [2.24, 2.45) is 0 Å². The normalized spacial score (nSPS) is 10.9. The number of rotatable bonds is 2. The molecule has 0 N–H and O–H groups in total. The van der Waals surface area contributed by atoms with E-state index in [2.05, 4.69) is 6.07 Å². The lowest BCUT2D eigenvalue weighted by Crippen LogP contribution is -2.16. The van der Waals surface area contributed by atoms with Gasteiger partial charge in [0.25, 0.3) is 0 Å². The van der Waals surface area contributed by atoms with E-state index in [1.54, 1.807) is 7.11 Å². The van der Waals surface area contributed by atoms with Crippen molar-refractivity contribution in [3.8, 4) is 11.8 Å². The molecule has 80 valence electrons. The molecule has 15 heavy (non-hydrogen) atoms. The van der Waals surface area contributed by atoms with Crippen molar-refractivity contribution in [3.05, 3.63) is 28.8 Å². The number of hydrogen-bond acceptors (Lipinski definition) is 2. The number of aryl methyl sites for hydroxylation is 2. The molecular formula is C13H17NO. The van der Waals surface area contributed by atoms with Gasteiger partial charge in [-0.05, 0) is 50.5 Å². The number of methoxy groups -OCH3 is 1. The molecule has 1 aromatic rings. The maximum absolute atomic E-state index is 9.11. The lowest BCUT2D eigenvalue weighted by Gasteiger charge is -2.20. The second-order valence-electron chi connectivity index (χ2n) is 4.37. The molecule has 0 saturated heterocycles. The van der Waals surface area contributed by atoms with Crippen molar-refractivity contribution in [1.82, 2.24) is 0 Å². The van der Waals surface area contributed by atoms with Crippen LogP contribution >= 0.6 is 0 Å². The van der Waals surface area contributed by atoms with Crippen LogP contribution in [-0.2, 0) is 5.41 Å². The molecule has 1 aromatic carbocycles. The Balaban J connectivity index is 3.36. The average molecular weight is 203 g/mol. The van der Waals surface area contributed by atoms with Crippen molar-refractivity contribution < 1.29 is 4.74 Å². The van der Waals surface area contributed by atoms with E-state index in [1.165, 1.54) is 0 Å². The molecule has 0 saturated carbocycles. The monoisotopic (exact) mass is 203 g/mol. The highest BCUT2D eigenvalue weighted by Gasteiger charge is 2.22. The van der Waals surface area contributed by atoms with Crippen LogP contribution in [0.5, 0.6) is 5.75 Å². The van der Waals surface area contributed by atoms with Gasteiger partial charge in [0.05, 0.1) is 18.6 Å². The number of ether oxygens (including phenoxy) is 1. The van der Waals surface area contributed by atoms with Gasteiger partial charge >= 0.3 is 0 Å². The van der Waals surface area contributed by atoms with E-state index >= 15 is 0 Å². The quantitative estimate of drug-likeness (QED) is 0.739. The minimum absolute atomic E-state index is 0.443. The number of nitriles is 1. The zero-order chi connectivity index (χ0) is 11.6. The fourth-order valence-corrected chi connectivity index (χ4v) is 1.74. The first kappa shape index (κ1) is 11.6. The summed E-state index contributed by atoms with van der Waals surface area (Å²) in [7, 11) is 1.66. The molecule has 0 aliphatic rings. The summed E-state index contributed by atoms with van der Waals surface area (Å²) in [5, 5.41) is 9.11. The topological polar surface area (TPSA) is 33.0 Å². The van der Waals surface area contributed by atoms with Crippen molar-refractivity contribution in [2.45, 2.75) is 33.1 Å². The van der Waals surface area contributed by atoms with Crippen LogP contribution < -0.4 is 4.74 Å². The Morgan fingerprint density at radius 1 is 1.20 bits per heavy atom. The predicted octanol–water partition coefficient (Wildman–Crippen LogP) is 3.11. The largest absolute Gasteiger partial charge is 0.496 e. The van der Waals surface area contributed by atoms with Crippen LogP contribution in [0, 0.1) is 25.2 Å². The minimum atomic E-state index is -0.443. The van der Waals surface area contributed by atoms with Gasteiger partial charge in [0.15, 0.2) is 0 Å². The van der Waals surface area contributed by atoms with Crippen LogP contribution in [0.4, 0.5) is 0 Å². The van der Waals surface area contributed by atoms with Crippen LogP contribution in [0.25, 0.3) is 0 Å². The fourth-order valence-electron chi connectivity index (χ4n) is 1.74. The van der Waals surface area contributed by atoms with Gasteiger partial charge < -0.3 is 4.74 Å². The molecule has 0 aliphatic heterocycles. The highest BCUT2D eigenvalue weighted by molar-refractivity contribution is 5.46. The first-order valence-corrected chi connectivity index (χ1v) is 4.99. The summed E-state index contributed by atoms with van der Waals surface area (Å²) < 4.78 is 5.24. The van der Waals surface area contributed by atoms with Crippen LogP contribution in [0.15, 0.2) is 12.1 Å². The molecule has 0 aliphatic carbocycles. The van der Waals surface area contributed by atoms with Crippen LogP contribution in [0.3, 0.4) is 0 Å². The summed E-state index contributed by atoms with van der Waals surface area (Å²) in [6.07, 6.45) is 0. The summed E-state index contributed by atoms with van der Waals surface area (Å²) in [4.78, 5) is 0. The lowest BCUT2D eigenvalue weighted by molar-refractivity contribution is 0.411. The van der Waals surface area contributed by atoms with E-state index in [0.717, 1.165) is 22.4 Å². The van der Waals surface area contributed by atoms with Gasteiger partial charge in [0.2, 0.25) is 0 Å². The maximum atomic E-state index is 9.11. The maximum Gasteiger partial charge on any atom is 0.122 e. The molecule has 0 heterocycles. The van der Waals surface area contributed by atoms with Gasteiger partial charge in [0, 0.05) is 0 Å². The number of nitrogens with zero attached hydrogens (tertiary/aromatic N) is 1. The predicted molar refractivity (Wildman–Crippen MR) is 61.1 cm³/mol. The molecule has 2 heteroatoms. The third-order valence-electron chi connectivity index (χ3n) is 2.69. The van der Waals surface area contributed by atoms with E-state index in [9.17, 15) is 0 Å². The zero-order valence-electron chi connectivity index (χ0n) is 10.0. The molecule has 0 aromatic heterocycles. The van der Waals surface area contributed by atoms with Gasteiger partial charge in [-0.15, -0.1) is 0 Å². The molecule has 0 radical (unpaired) electrons. The Labute approximate surface area is 91.5 Å². The van der Waals surface area contributed by atoms with Crippen LogP contribution in [-0.4, -0.2) is 7.11 Å². The van der Waals surface area contributed by atoms with E-state index in [1.807, 2.05) is 39.8 Å². The Hall–Kier alpha value is -1.49. The van der Waals surface area contributed by atoms with Crippen molar-refractivity contribution in [3.63, 3.8) is 0 Å². The molecule has 0 fully saturated rings. The first-order valence-electron chi connectivity index (χ1n) is 4.99. The second kappa shape index (κ2) is 3.94. The van der Waals surface area contributed by atoms with E-state index in [4.69, 9.17) is 10.00 Å². The highest BCUT2D eigenvalue weighted by Crippen LogP contribution is 2.30.